The predicted octanol–water partition coefficient (Wildman–Crippen LogP) is 2.00. The maximum absolute atomic E-state index is 13.1. The van der Waals surface area contributed by atoms with Crippen molar-refractivity contribution in [3.05, 3.63) is 40.6 Å². The molecule has 0 radical (unpaired) electrons. The third-order valence-electron chi connectivity index (χ3n) is 3.76. The first-order valence-corrected chi connectivity index (χ1v) is 7.92. The van der Waals surface area contributed by atoms with E-state index in [2.05, 4.69) is 10.4 Å². The minimum absolute atomic E-state index is 0.247. The molecule has 0 saturated heterocycles. The second-order valence-electron chi connectivity index (χ2n) is 5.88. The van der Waals surface area contributed by atoms with Gasteiger partial charge in [0.25, 0.3) is 0 Å². The van der Waals surface area contributed by atoms with E-state index in [1.165, 1.54) is 36.1 Å². The van der Waals surface area contributed by atoms with Crippen molar-refractivity contribution in [3.63, 3.8) is 0 Å². The number of tetrazole rings is 1. The van der Waals surface area contributed by atoms with Gasteiger partial charge >= 0.3 is 11.7 Å². The molecule has 0 bridgehead atoms. The van der Waals surface area contributed by atoms with Crippen LogP contribution < -0.4 is 10.6 Å². The van der Waals surface area contributed by atoms with Crippen LogP contribution in [-0.4, -0.2) is 37.6 Å². The highest BCUT2D eigenvalue weighted by Gasteiger charge is 2.27. The molecule has 8 nitrogen and oxygen atoms in total. The molecule has 0 aliphatic heterocycles. The number of hydrogen-bond acceptors (Lipinski definition) is 5. The summed E-state index contributed by atoms with van der Waals surface area (Å²) in [7, 11) is 0. The van der Waals surface area contributed by atoms with E-state index in [-0.39, 0.29) is 11.8 Å². The second-order valence-corrected chi connectivity index (χ2v) is 5.88. The Bertz CT molecular complexity index is 825. The fourth-order valence-corrected chi connectivity index (χ4v) is 2.54. The molecule has 2 aromatic rings. The van der Waals surface area contributed by atoms with E-state index >= 15 is 0 Å². The van der Waals surface area contributed by atoms with Gasteiger partial charge in [-0.15, -0.1) is 4.68 Å². The highest BCUT2D eigenvalue weighted by molar-refractivity contribution is 5.93. The van der Waals surface area contributed by atoms with Crippen molar-refractivity contribution in [2.45, 2.75) is 46.2 Å². The summed E-state index contributed by atoms with van der Waals surface area (Å²) < 4.78 is 14.6. The molecule has 1 amide bonds. The highest BCUT2D eigenvalue weighted by atomic mass is 19.1. The van der Waals surface area contributed by atoms with Crippen LogP contribution in [0.5, 0.6) is 0 Å². The number of hydrogen-bond donors (Lipinski definition) is 0. The van der Waals surface area contributed by atoms with Gasteiger partial charge in [0.05, 0.1) is 0 Å². The molecule has 1 atom stereocenters. The lowest BCUT2D eigenvalue weighted by atomic mass is 10.1. The van der Waals surface area contributed by atoms with Gasteiger partial charge in [-0.1, -0.05) is 6.92 Å². The molecule has 25 heavy (non-hydrogen) atoms. The number of amides is 1. The Morgan fingerprint density at radius 1 is 1.20 bits per heavy atom. The average Bonchev–Trinajstić information content (AvgIpc) is 2.91. The number of carbonyl (C=O) groups is 2. The van der Waals surface area contributed by atoms with Crippen LogP contribution in [0.3, 0.4) is 0 Å². The molecule has 134 valence electrons. The zero-order chi connectivity index (χ0) is 18.7. The summed E-state index contributed by atoms with van der Waals surface area (Å²) in [6, 6.07) is 3.51. The lowest BCUT2D eigenvalue weighted by molar-refractivity contribution is -0.120. The topological polar surface area (TPSA) is 90.1 Å². The van der Waals surface area contributed by atoms with E-state index in [9.17, 15) is 18.8 Å². The van der Waals surface area contributed by atoms with E-state index < -0.39 is 23.6 Å². The zero-order valence-electron chi connectivity index (χ0n) is 14.5. The molecule has 9 heteroatoms. The van der Waals surface area contributed by atoms with E-state index in [1.807, 2.05) is 0 Å². The molecule has 0 aliphatic rings. The van der Waals surface area contributed by atoms with Crippen LogP contribution in [0.1, 0.15) is 40.2 Å². The van der Waals surface area contributed by atoms with Gasteiger partial charge in [0.2, 0.25) is 0 Å². The van der Waals surface area contributed by atoms with Crippen molar-refractivity contribution in [3.8, 4) is 0 Å². The molecule has 0 saturated carbocycles. The summed E-state index contributed by atoms with van der Waals surface area (Å²) in [5, 5.41) is 7.28. The normalized spacial score (nSPS) is 12.2. The van der Waals surface area contributed by atoms with Gasteiger partial charge in [0, 0.05) is 11.7 Å². The number of aromatic nitrogens is 4. The maximum Gasteiger partial charge on any atom is 0.373 e. The largest absolute Gasteiger partial charge is 0.373 e. The Balaban J connectivity index is 2.44. The van der Waals surface area contributed by atoms with Crippen molar-refractivity contribution in [2.24, 2.45) is 0 Å². The van der Waals surface area contributed by atoms with Gasteiger partial charge in [0.1, 0.15) is 11.9 Å². The molecular weight excluding hydrogens is 329 g/mol. The molecule has 2 rings (SSSR count). The SMILES string of the molecule is CCC(C(C)=O)n1nnn(C(=O)N(c2ccc(F)cc2)C(C)C)c1=O. The smallest absolute Gasteiger partial charge is 0.298 e. The predicted molar refractivity (Wildman–Crippen MR) is 89.1 cm³/mol. The maximum atomic E-state index is 13.1. The van der Waals surface area contributed by atoms with Crippen LogP contribution in [0.15, 0.2) is 29.1 Å². The van der Waals surface area contributed by atoms with Gasteiger partial charge in [-0.25, -0.2) is 14.0 Å². The van der Waals surface area contributed by atoms with E-state index in [4.69, 9.17) is 0 Å². The fourth-order valence-electron chi connectivity index (χ4n) is 2.54. The Morgan fingerprint density at radius 3 is 2.28 bits per heavy atom. The Kier molecular flexibility index (Phi) is 5.45. The van der Waals surface area contributed by atoms with Crippen molar-refractivity contribution in [1.82, 2.24) is 19.8 Å². The number of Topliss-reactive ketones (excluding diaryl/α,β-unsaturated/α-hetero) is 1. The first-order chi connectivity index (χ1) is 11.8. The van der Waals surface area contributed by atoms with Crippen LogP contribution in [0.4, 0.5) is 14.9 Å². The van der Waals surface area contributed by atoms with Crippen LogP contribution in [0.25, 0.3) is 0 Å². The number of carbonyl (C=O) groups excluding carboxylic acids is 2. The first kappa shape index (κ1) is 18.5. The molecule has 0 N–H and O–H groups in total. The van der Waals surface area contributed by atoms with E-state index in [0.717, 1.165) is 4.68 Å². The fraction of sp³-hybridized carbons (Fsp3) is 0.438. The standard InChI is InChI=1S/C16H20FN5O3/c1-5-14(11(4)23)21-16(25)22(19-18-21)15(24)20(10(2)3)13-8-6-12(17)7-9-13/h6-10,14H,5H2,1-4H3. The second kappa shape index (κ2) is 7.37. The van der Waals surface area contributed by atoms with Crippen molar-refractivity contribution in [2.75, 3.05) is 4.90 Å². The molecule has 0 aliphatic carbocycles. The molecule has 1 aromatic heterocycles. The van der Waals surface area contributed by atoms with Gasteiger partial charge in [-0.3, -0.25) is 9.69 Å². The van der Waals surface area contributed by atoms with E-state index in [0.29, 0.717) is 16.8 Å². The number of halogens is 1. The number of rotatable bonds is 5. The number of nitrogens with zero attached hydrogens (tertiary/aromatic N) is 5. The summed E-state index contributed by atoms with van der Waals surface area (Å²) in [6.07, 6.45) is 0.355. The molecular formula is C16H20FN5O3. The summed E-state index contributed by atoms with van der Waals surface area (Å²) in [4.78, 5) is 38.2. The Morgan fingerprint density at radius 2 is 1.80 bits per heavy atom. The van der Waals surface area contributed by atoms with Crippen LogP contribution in [-0.2, 0) is 4.79 Å². The molecule has 1 aromatic carbocycles. The van der Waals surface area contributed by atoms with Gasteiger partial charge < -0.3 is 0 Å². The molecule has 0 spiro atoms. The Hall–Kier alpha value is -2.84. The quantitative estimate of drug-likeness (QED) is 0.770. The monoisotopic (exact) mass is 349 g/mol. The molecule has 1 heterocycles. The summed E-state index contributed by atoms with van der Waals surface area (Å²) in [5.74, 6) is -0.682. The lowest BCUT2D eigenvalue weighted by Gasteiger charge is -2.25. The third-order valence-corrected chi connectivity index (χ3v) is 3.76. The highest BCUT2D eigenvalue weighted by Crippen LogP contribution is 2.18. The lowest BCUT2D eigenvalue weighted by Crippen LogP contribution is -2.45. The number of benzene rings is 1. The van der Waals surface area contributed by atoms with Crippen LogP contribution in [0, 0.1) is 5.82 Å². The van der Waals surface area contributed by atoms with Crippen LogP contribution >= 0.6 is 0 Å². The third kappa shape index (κ3) is 3.65. The summed E-state index contributed by atoms with van der Waals surface area (Å²) in [5.41, 5.74) is -0.374. The number of anilines is 1. The van der Waals surface area contributed by atoms with Crippen LogP contribution in [0.2, 0.25) is 0 Å². The van der Waals surface area contributed by atoms with Crippen molar-refractivity contribution >= 4 is 17.5 Å². The summed E-state index contributed by atoms with van der Waals surface area (Å²) >= 11 is 0. The first-order valence-electron chi connectivity index (χ1n) is 7.92. The molecule has 0 fully saturated rings. The average molecular weight is 349 g/mol. The van der Waals surface area contributed by atoms with Gasteiger partial charge in [-0.05, 0) is 61.9 Å². The molecule has 1 unspecified atom stereocenters. The van der Waals surface area contributed by atoms with Gasteiger partial charge in [-0.2, -0.15) is 4.68 Å². The zero-order valence-corrected chi connectivity index (χ0v) is 14.5. The van der Waals surface area contributed by atoms with Crippen molar-refractivity contribution in [1.29, 1.82) is 0 Å². The minimum Gasteiger partial charge on any atom is -0.298 e. The number of ketones is 1. The summed E-state index contributed by atoms with van der Waals surface area (Å²) in [6.45, 7) is 6.58. The van der Waals surface area contributed by atoms with Gasteiger partial charge in [0.15, 0.2) is 5.78 Å². The minimum atomic E-state index is -0.792. The van der Waals surface area contributed by atoms with E-state index in [1.54, 1.807) is 20.8 Å². The Labute approximate surface area is 143 Å². The van der Waals surface area contributed by atoms with Crippen molar-refractivity contribution < 1.29 is 14.0 Å².